The predicted octanol–water partition coefficient (Wildman–Crippen LogP) is 5.20. The first-order valence-corrected chi connectivity index (χ1v) is 8.74. The minimum atomic E-state index is -0.102. The second-order valence-corrected chi connectivity index (χ2v) is 6.62. The first-order chi connectivity index (χ1) is 10.3. The molecule has 118 valence electrons. The SMILES string of the molecule is CCCCCCCCCCC1(c2cccc(F)c2)CNC1. The number of hydrogen-bond donors (Lipinski definition) is 1. The van der Waals surface area contributed by atoms with Crippen LogP contribution in [0, 0.1) is 5.82 Å². The molecule has 0 spiro atoms. The van der Waals surface area contributed by atoms with Gasteiger partial charge in [0.05, 0.1) is 0 Å². The van der Waals surface area contributed by atoms with Crippen molar-refractivity contribution in [2.45, 2.75) is 70.1 Å². The quantitative estimate of drug-likeness (QED) is 0.584. The summed E-state index contributed by atoms with van der Waals surface area (Å²) in [5.41, 5.74) is 1.38. The van der Waals surface area contributed by atoms with Crippen molar-refractivity contribution in [2.24, 2.45) is 0 Å². The summed E-state index contributed by atoms with van der Waals surface area (Å²) in [7, 11) is 0. The van der Waals surface area contributed by atoms with Crippen LogP contribution in [0.15, 0.2) is 24.3 Å². The zero-order chi connectivity index (χ0) is 15.0. The van der Waals surface area contributed by atoms with Crippen molar-refractivity contribution in [1.82, 2.24) is 5.32 Å². The third-order valence-corrected chi connectivity index (χ3v) is 4.87. The summed E-state index contributed by atoms with van der Waals surface area (Å²) in [6, 6.07) is 7.21. The minimum Gasteiger partial charge on any atom is -0.315 e. The maximum atomic E-state index is 13.4. The predicted molar refractivity (Wildman–Crippen MR) is 88.2 cm³/mol. The molecule has 0 bridgehead atoms. The van der Waals surface area contributed by atoms with E-state index in [2.05, 4.69) is 18.3 Å². The topological polar surface area (TPSA) is 12.0 Å². The highest BCUT2D eigenvalue weighted by Gasteiger charge is 2.37. The van der Waals surface area contributed by atoms with Gasteiger partial charge in [-0.15, -0.1) is 0 Å². The fraction of sp³-hybridized carbons (Fsp3) is 0.684. The van der Waals surface area contributed by atoms with Crippen LogP contribution in [0.25, 0.3) is 0 Å². The van der Waals surface area contributed by atoms with Gasteiger partial charge in [0.15, 0.2) is 0 Å². The first kappa shape index (κ1) is 16.5. The number of halogens is 1. The molecule has 1 aromatic rings. The molecule has 1 aliphatic heterocycles. The van der Waals surface area contributed by atoms with Gasteiger partial charge in [-0.1, -0.05) is 70.4 Å². The van der Waals surface area contributed by atoms with Crippen molar-refractivity contribution in [3.63, 3.8) is 0 Å². The number of rotatable bonds is 10. The highest BCUT2D eigenvalue weighted by atomic mass is 19.1. The Morgan fingerprint density at radius 3 is 2.24 bits per heavy atom. The molecular formula is C19H30FN. The maximum absolute atomic E-state index is 13.4. The van der Waals surface area contributed by atoms with Gasteiger partial charge in [-0.25, -0.2) is 4.39 Å². The van der Waals surface area contributed by atoms with E-state index in [0.717, 1.165) is 13.1 Å². The maximum Gasteiger partial charge on any atom is 0.123 e. The number of nitrogens with one attached hydrogen (secondary N) is 1. The van der Waals surface area contributed by atoms with Crippen LogP contribution in [0.5, 0.6) is 0 Å². The van der Waals surface area contributed by atoms with E-state index in [9.17, 15) is 4.39 Å². The lowest BCUT2D eigenvalue weighted by molar-refractivity contribution is 0.248. The Labute approximate surface area is 129 Å². The van der Waals surface area contributed by atoms with Gasteiger partial charge in [-0.3, -0.25) is 0 Å². The van der Waals surface area contributed by atoms with Crippen molar-refractivity contribution in [1.29, 1.82) is 0 Å². The Bertz CT molecular complexity index is 412. The second kappa shape index (κ2) is 8.53. The summed E-state index contributed by atoms with van der Waals surface area (Å²) in [6.45, 7) is 4.28. The lowest BCUT2D eigenvalue weighted by Gasteiger charge is -2.43. The molecule has 0 amide bonds. The summed E-state index contributed by atoms with van der Waals surface area (Å²) in [5.74, 6) is -0.102. The number of hydrogen-bond acceptors (Lipinski definition) is 1. The van der Waals surface area contributed by atoms with Gasteiger partial charge in [0.1, 0.15) is 5.82 Å². The van der Waals surface area contributed by atoms with Crippen LogP contribution in [0.3, 0.4) is 0 Å². The van der Waals surface area contributed by atoms with E-state index in [-0.39, 0.29) is 11.2 Å². The molecule has 1 aromatic carbocycles. The van der Waals surface area contributed by atoms with E-state index < -0.39 is 0 Å². The number of benzene rings is 1. The van der Waals surface area contributed by atoms with Crippen LogP contribution >= 0.6 is 0 Å². The van der Waals surface area contributed by atoms with Gasteiger partial charge in [-0.05, 0) is 24.1 Å². The molecule has 2 rings (SSSR count). The summed E-state index contributed by atoms with van der Waals surface area (Å²) < 4.78 is 13.4. The normalized spacial score (nSPS) is 16.7. The largest absolute Gasteiger partial charge is 0.315 e. The van der Waals surface area contributed by atoms with E-state index in [1.54, 1.807) is 12.1 Å². The van der Waals surface area contributed by atoms with Gasteiger partial charge in [0, 0.05) is 18.5 Å². The lowest BCUT2D eigenvalue weighted by atomic mass is 9.71. The van der Waals surface area contributed by atoms with Gasteiger partial charge in [0.25, 0.3) is 0 Å². The number of unbranched alkanes of at least 4 members (excludes halogenated alkanes) is 7. The molecule has 0 saturated carbocycles. The zero-order valence-electron chi connectivity index (χ0n) is 13.5. The van der Waals surface area contributed by atoms with Crippen molar-refractivity contribution in [2.75, 3.05) is 13.1 Å². The Morgan fingerprint density at radius 1 is 1.00 bits per heavy atom. The fourth-order valence-corrected chi connectivity index (χ4v) is 3.37. The smallest absolute Gasteiger partial charge is 0.123 e. The third-order valence-electron chi connectivity index (χ3n) is 4.87. The standard InChI is InChI=1S/C19H30FN/c1-2-3-4-5-6-7-8-9-13-19(15-21-16-19)17-11-10-12-18(20)14-17/h10-12,14,21H,2-9,13,15-16H2,1H3. The molecule has 1 fully saturated rings. The van der Waals surface area contributed by atoms with Gasteiger partial charge in [0.2, 0.25) is 0 Å². The summed E-state index contributed by atoms with van der Waals surface area (Å²) >= 11 is 0. The van der Waals surface area contributed by atoms with Crippen LogP contribution in [-0.4, -0.2) is 13.1 Å². The highest BCUT2D eigenvalue weighted by molar-refractivity contribution is 5.30. The van der Waals surface area contributed by atoms with Crippen LogP contribution in [-0.2, 0) is 5.41 Å². The molecule has 0 aliphatic carbocycles. The summed E-state index contributed by atoms with van der Waals surface area (Å²) in [6.07, 6.45) is 12.0. The monoisotopic (exact) mass is 291 g/mol. The van der Waals surface area contributed by atoms with E-state index in [4.69, 9.17) is 0 Å². The Hall–Kier alpha value is -0.890. The van der Waals surface area contributed by atoms with Crippen LogP contribution in [0.1, 0.15) is 70.3 Å². The third kappa shape index (κ3) is 4.81. The molecule has 1 saturated heterocycles. The van der Waals surface area contributed by atoms with Gasteiger partial charge < -0.3 is 5.32 Å². The molecule has 0 radical (unpaired) electrons. The highest BCUT2D eigenvalue weighted by Crippen LogP contribution is 2.34. The van der Waals surface area contributed by atoms with Crippen molar-refractivity contribution in [3.8, 4) is 0 Å². The molecule has 0 unspecified atom stereocenters. The fourth-order valence-electron chi connectivity index (χ4n) is 3.37. The molecule has 1 heterocycles. The van der Waals surface area contributed by atoms with Crippen molar-refractivity contribution < 1.29 is 4.39 Å². The van der Waals surface area contributed by atoms with Gasteiger partial charge in [-0.2, -0.15) is 0 Å². The average Bonchev–Trinajstić information content (AvgIpc) is 2.44. The molecule has 1 aliphatic rings. The van der Waals surface area contributed by atoms with E-state index in [0.29, 0.717) is 0 Å². The molecule has 0 atom stereocenters. The average molecular weight is 291 g/mol. The molecule has 21 heavy (non-hydrogen) atoms. The van der Waals surface area contributed by atoms with Crippen LogP contribution in [0.2, 0.25) is 0 Å². The second-order valence-electron chi connectivity index (χ2n) is 6.62. The summed E-state index contributed by atoms with van der Waals surface area (Å²) in [5, 5.41) is 3.37. The molecule has 1 nitrogen and oxygen atoms in total. The zero-order valence-corrected chi connectivity index (χ0v) is 13.5. The Morgan fingerprint density at radius 2 is 1.67 bits per heavy atom. The molecule has 2 heteroatoms. The first-order valence-electron chi connectivity index (χ1n) is 8.74. The van der Waals surface area contributed by atoms with Crippen molar-refractivity contribution in [3.05, 3.63) is 35.6 Å². The van der Waals surface area contributed by atoms with Gasteiger partial charge >= 0.3 is 0 Å². The van der Waals surface area contributed by atoms with E-state index >= 15 is 0 Å². The summed E-state index contributed by atoms with van der Waals surface area (Å²) in [4.78, 5) is 0. The van der Waals surface area contributed by atoms with E-state index in [1.165, 1.54) is 63.4 Å². The molecular weight excluding hydrogens is 261 g/mol. The minimum absolute atomic E-state index is 0.102. The Balaban J connectivity index is 1.68. The molecule has 0 aromatic heterocycles. The molecule has 1 N–H and O–H groups in total. The van der Waals surface area contributed by atoms with Crippen LogP contribution in [0.4, 0.5) is 4.39 Å². The Kier molecular flexibility index (Phi) is 6.69. The van der Waals surface area contributed by atoms with Crippen LogP contribution < -0.4 is 5.32 Å². The lowest BCUT2D eigenvalue weighted by Crippen LogP contribution is -2.56. The van der Waals surface area contributed by atoms with Crippen molar-refractivity contribution >= 4 is 0 Å². The van der Waals surface area contributed by atoms with E-state index in [1.807, 2.05) is 6.07 Å².